The molecule has 0 amide bonds. The highest BCUT2D eigenvalue weighted by Gasteiger charge is 2.14. The van der Waals surface area contributed by atoms with Crippen molar-refractivity contribution in [2.24, 2.45) is 0 Å². The highest BCUT2D eigenvalue weighted by molar-refractivity contribution is 5.19. The molecule has 23 heavy (non-hydrogen) atoms. The SMILES string of the molecule is C/C=C(/O)CF.C=CC(=C)C.c1ccc(C2CCCCC2)cc1. The second-order valence-electron chi connectivity index (χ2n) is 5.71. The van der Waals surface area contributed by atoms with Crippen molar-refractivity contribution in [1.82, 2.24) is 0 Å². The molecule has 0 bridgehead atoms. The van der Waals surface area contributed by atoms with Crippen molar-refractivity contribution in [2.75, 3.05) is 6.67 Å². The number of rotatable bonds is 3. The molecule has 1 saturated carbocycles. The number of aliphatic hydroxyl groups excluding tert-OH is 1. The predicted molar refractivity (Wildman–Crippen MR) is 99.6 cm³/mol. The van der Waals surface area contributed by atoms with Gasteiger partial charge in [-0.15, -0.1) is 0 Å². The molecule has 1 aromatic carbocycles. The van der Waals surface area contributed by atoms with Crippen LogP contribution in [0.15, 0.2) is 67.0 Å². The molecule has 1 aliphatic carbocycles. The average molecular weight is 318 g/mol. The van der Waals surface area contributed by atoms with Crippen LogP contribution in [0.4, 0.5) is 4.39 Å². The van der Waals surface area contributed by atoms with Crippen LogP contribution in [0.1, 0.15) is 57.4 Å². The Labute approximate surface area is 141 Å². The second-order valence-corrected chi connectivity index (χ2v) is 5.71. The summed E-state index contributed by atoms with van der Waals surface area (Å²) in [6, 6.07) is 11.0. The van der Waals surface area contributed by atoms with Crippen LogP contribution in [-0.4, -0.2) is 11.8 Å². The van der Waals surface area contributed by atoms with Crippen molar-refractivity contribution in [2.45, 2.75) is 51.9 Å². The lowest BCUT2D eigenvalue weighted by Gasteiger charge is -2.21. The molecule has 0 unspecified atom stereocenters. The van der Waals surface area contributed by atoms with Gasteiger partial charge in [-0.3, -0.25) is 0 Å². The number of allylic oxidation sites excluding steroid dienone is 4. The molecule has 0 heterocycles. The summed E-state index contributed by atoms with van der Waals surface area (Å²) in [7, 11) is 0. The minimum Gasteiger partial charge on any atom is -0.510 e. The molecule has 0 aromatic heterocycles. The zero-order chi connectivity index (χ0) is 17.5. The highest BCUT2D eigenvalue weighted by Crippen LogP contribution is 2.32. The van der Waals surface area contributed by atoms with Gasteiger partial charge >= 0.3 is 0 Å². The number of hydrogen-bond acceptors (Lipinski definition) is 1. The van der Waals surface area contributed by atoms with Gasteiger partial charge in [-0.25, -0.2) is 4.39 Å². The summed E-state index contributed by atoms with van der Waals surface area (Å²) < 4.78 is 11.1. The van der Waals surface area contributed by atoms with Crippen LogP contribution in [0.2, 0.25) is 0 Å². The lowest BCUT2D eigenvalue weighted by atomic mass is 9.84. The van der Waals surface area contributed by atoms with Gasteiger partial charge in [-0.1, -0.05) is 74.4 Å². The number of aliphatic hydroxyl groups is 1. The van der Waals surface area contributed by atoms with E-state index in [0.717, 1.165) is 11.5 Å². The fourth-order valence-electron chi connectivity index (χ4n) is 2.24. The van der Waals surface area contributed by atoms with Gasteiger partial charge in [0.1, 0.15) is 12.4 Å². The Morgan fingerprint density at radius 2 is 1.74 bits per heavy atom. The van der Waals surface area contributed by atoms with Crippen LogP contribution in [0.3, 0.4) is 0 Å². The smallest absolute Gasteiger partial charge is 0.146 e. The molecule has 0 spiro atoms. The zero-order valence-corrected chi connectivity index (χ0v) is 14.6. The summed E-state index contributed by atoms with van der Waals surface area (Å²) >= 11 is 0. The van der Waals surface area contributed by atoms with E-state index in [9.17, 15) is 4.39 Å². The fourth-order valence-corrected chi connectivity index (χ4v) is 2.24. The van der Waals surface area contributed by atoms with Crippen molar-refractivity contribution in [3.63, 3.8) is 0 Å². The third-order valence-electron chi connectivity index (χ3n) is 3.69. The lowest BCUT2D eigenvalue weighted by Crippen LogP contribution is -2.03. The summed E-state index contributed by atoms with van der Waals surface area (Å²) in [5.74, 6) is 0.662. The summed E-state index contributed by atoms with van der Waals surface area (Å²) in [4.78, 5) is 0. The average Bonchev–Trinajstić information content (AvgIpc) is 2.63. The monoisotopic (exact) mass is 318 g/mol. The molecule has 1 N–H and O–H groups in total. The Morgan fingerprint density at radius 3 is 2.09 bits per heavy atom. The predicted octanol–water partition coefficient (Wildman–Crippen LogP) is 6.90. The largest absolute Gasteiger partial charge is 0.510 e. The maximum absolute atomic E-state index is 11.1. The molecular formula is C21H31FO. The first-order valence-corrected chi connectivity index (χ1v) is 8.28. The van der Waals surface area contributed by atoms with E-state index >= 15 is 0 Å². The van der Waals surface area contributed by atoms with Crippen LogP contribution < -0.4 is 0 Å². The Hall–Kier alpha value is -1.83. The van der Waals surface area contributed by atoms with Crippen molar-refractivity contribution < 1.29 is 9.50 Å². The van der Waals surface area contributed by atoms with Crippen LogP contribution >= 0.6 is 0 Å². The minimum atomic E-state index is -0.753. The highest BCUT2D eigenvalue weighted by atomic mass is 19.1. The van der Waals surface area contributed by atoms with E-state index in [2.05, 4.69) is 43.5 Å². The van der Waals surface area contributed by atoms with Gasteiger partial charge in [-0.2, -0.15) is 0 Å². The zero-order valence-electron chi connectivity index (χ0n) is 14.6. The summed E-state index contributed by atoms with van der Waals surface area (Å²) in [6.45, 7) is 9.75. The first-order valence-electron chi connectivity index (χ1n) is 8.28. The summed E-state index contributed by atoms with van der Waals surface area (Å²) in [5.41, 5.74) is 2.57. The van der Waals surface area contributed by atoms with E-state index in [-0.39, 0.29) is 5.76 Å². The van der Waals surface area contributed by atoms with Crippen LogP contribution in [0.25, 0.3) is 0 Å². The molecule has 0 aliphatic heterocycles. The van der Waals surface area contributed by atoms with E-state index in [1.807, 2.05) is 6.92 Å². The second kappa shape index (κ2) is 13.8. The van der Waals surface area contributed by atoms with E-state index in [0.29, 0.717) is 0 Å². The molecule has 2 heteroatoms. The first-order chi connectivity index (χ1) is 11.0. The lowest BCUT2D eigenvalue weighted by molar-refractivity contribution is 0.343. The van der Waals surface area contributed by atoms with Crippen LogP contribution in [0.5, 0.6) is 0 Å². The van der Waals surface area contributed by atoms with Gasteiger partial charge in [0.05, 0.1) is 0 Å². The first kappa shape index (κ1) is 21.2. The molecule has 0 atom stereocenters. The molecule has 1 aliphatic rings. The molecule has 1 aromatic rings. The third kappa shape index (κ3) is 11.4. The van der Waals surface area contributed by atoms with Crippen molar-refractivity contribution in [1.29, 1.82) is 0 Å². The molecule has 1 fully saturated rings. The topological polar surface area (TPSA) is 20.2 Å². The molecule has 2 rings (SSSR count). The van der Waals surface area contributed by atoms with Gasteiger partial charge in [0, 0.05) is 0 Å². The van der Waals surface area contributed by atoms with Gasteiger partial charge in [-0.05, 0) is 44.2 Å². The Kier molecular flexibility index (Phi) is 12.7. The molecule has 1 nitrogen and oxygen atoms in total. The normalized spacial score (nSPS) is 14.7. The van der Waals surface area contributed by atoms with Gasteiger partial charge in [0.25, 0.3) is 0 Å². The van der Waals surface area contributed by atoms with Crippen molar-refractivity contribution in [3.05, 3.63) is 72.5 Å². The van der Waals surface area contributed by atoms with Crippen LogP contribution in [0, 0.1) is 0 Å². The van der Waals surface area contributed by atoms with Crippen molar-refractivity contribution >= 4 is 0 Å². The molecule has 128 valence electrons. The Balaban J connectivity index is 0.000000374. The number of hydrogen-bond donors (Lipinski definition) is 1. The minimum absolute atomic E-state index is 0.199. The van der Waals surface area contributed by atoms with Gasteiger partial charge < -0.3 is 5.11 Å². The number of halogens is 1. The molecule has 0 saturated heterocycles. The molecule has 0 radical (unpaired) electrons. The number of alkyl halides is 1. The van der Waals surface area contributed by atoms with E-state index in [1.54, 1.807) is 18.6 Å². The fraction of sp³-hybridized carbons (Fsp3) is 0.429. The summed E-state index contributed by atoms with van der Waals surface area (Å²) in [5, 5.41) is 8.15. The standard InChI is InChI=1S/C12H16.C5H8.C4H7FO/c1-3-7-11(8-4-1)12-9-5-2-6-10-12;1-4-5(2)3;1-2-4(6)3-5/h1,3-4,7-8,12H,2,5-6,9-10H2;4H,1-2H2,3H3;2,6H,3H2,1H3/b;;4-2+. The summed E-state index contributed by atoms with van der Waals surface area (Å²) in [6.07, 6.45) is 10.2. The van der Waals surface area contributed by atoms with E-state index in [4.69, 9.17) is 5.11 Å². The maximum atomic E-state index is 11.1. The quantitative estimate of drug-likeness (QED) is 0.474. The Morgan fingerprint density at radius 1 is 1.22 bits per heavy atom. The Bertz CT molecular complexity index is 456. The van der Waals surface area contributed by atoms with Crippen LogP contribution in [-0.2, 0) is 0 Å². The van der Waals surface area contributed by atoms with E-state index in [1.165, 1.54) is 38.2 Å². The third-order valence-corrected chi connectivity index (χ3v) is 3.69. The maximum Gasteiger partial charge on any atom is 0.146 e. The number of benzene rings is 1. The van der Waals surface area contributed by atoms with E-state index < -0.39 is 6.67 Å². The van der Waals surface area contributed by atoms with Crippen molar-refractivity contribution in [3.8, 4) is 0 Å². The van der Waals surface area contributed by atoms with Gasteiger partial charge in [0.2, 0.25) is 0 Å². The van der Waals surface area contributed by atoms with Gasteiger partial charge in [0.15, 0.2) is 0 Å². The molecular weight excluding hydrogens is 287 g/mol.